The Balaban J connectivity index is 2.02. The van der Waals surface area contributed by atoms with Crippen LogP contribution < -0.4 is 5.32 Å². The summed E-state index contributed by atoms with van der Waals surface area (Å²) in [4.78, 5) is 12.0. The number of carbonyl (C=O) groups excluding carboxylic acids is 1. The molecular formula is C11H11Cl2N3OS2. The van der Waals surface area contributed by atoms with E-state index in [9.17, 15) is 4.79 Å². The second-order valence-corrected chi connectivity index (χ2v) is 7.14. The Morgan fingerprint density at radius 2 is 2.16 bits per heavy atom. The van der Waals surface area contributed by atoms with Gasteiger partial charge < -0.3 is 0 Å². The van der Waals surface area contributed by atoms with Crippen LogP contribution >= 0.6 is 45.9 Å². The number of halogens is 2. The third-order valence-corrected chi connectivity index (χ3v) is 4.72. The first kappa shape index (κ1) is 14.7. The average molecular weight is 336 g/mol. The number of nitrogens with zero attached hydrogens (tertiary/aromatic N) is 2. The molecule has 0 saturated carbocycles. The van der Waals surface area contributed by atoms with Gasteiger partial charge in [0.15, 0.2) is 0 Å². The van der Waals surface area contributed by atoms with Crippen LogP contribution in [0.15, 0.2) is 6.07 Å². The first-order chi connectivity index (χ1) is 9.10. The summed E-state index contributed by atoms with van der Waals surface area (Å²) in [5, 5.41) is 12.0. The number of hydrogen-bond acceptors (Lipinski definition) is 5. The van der Waals surface area contributed by atoms with Crippen LogP contribution in [0.5, 0.6) is 0 Å². The highest BCUT2D eigenvalue weighted by atomic mass is 35.5. The van der Waals surface area contributed by atoms with E-state index < -0.39 is 0 Å². The number of hydrogen-bond donors (Lipinski definition) is 1. The van der Waals surface area contributed by atoms with Crippen molar-refractivity contribution in [2.45, 2.75) is 26.2 Å². The molecule has 8 heteroatoms. The molecule has 2 rings (SSSR count). The van der Waals surface area contributed by atoms with E-state index in [1.807, 2.05) is 0 Å². The van der Waals surface area contributed by atoms with E-state index in [2.05, 4.69) is 22.4 Å². The largest absolute Gasteiger partial charge is 0.296 e. The third kappa shape index (κ3) is 3.89. The third-order valence-electron chi connectivity index (χ3n) is 2.33. The van der Waals surface area contributed by atoms with E-state index in [-0.39, 0.29) is 5.91 Å². The number of rotatable bonds is 5. The summed E-state index contributed by atoms with van der Waals surface area (Å²) in [5.74, 6) is -0.314. The first-order valence-corrected chi connectivity index (χ1v) is 8.07. The summed E-state index contributed by atoms with van der Waals surface area (Å²) in [7, 11) is 0. The molecule has 2 heterocycles. The lowest BCUT2D eigenvalue weighted by Crippen LogP contribution is -2.11. The van der Waals surface area contributed by atoms with Crippen molar-refractivity contribution in [1.82, 2.24) is 10.2 Å². The molecule has 0 fully saturated rings. The molecule has 0 unspecified atom stereocenters. The predicted octanol–water partition coefficient (Wildman–Crippen LogP) is 4.50. The first-order valence-electron chi connectivity index (χ1n) is 5.68. The summed E-state index contributed by atoms with van der Waals surface area (Å²) < 4.78 is 0.856. The molecule has 0 aliphatic rings. The summed E-state index contributed by atoms with van der Waals surface area (Å²) in [6.45, 7) is 2.12. The number of anilines is 1. The molecule has 0 atom stereocenters. The van der Waals surface area contributed by atoms with Gasteiger partial charge >= 0.3 is 0 Å². The summed E-state index contributed by atoms with van der Waals surface area (Å²) in [6.07, 6.45) is 3.05. The van der Waals surface area contributed by atoms with Crippen LogP contribution in [0.3, 0.4) is 0 Å². The second-order valence-electron chi connectivity index (χ2n) is 3.80. The molecular weight excluding hydrogens is 325 g/mol. The van der Waals surface area contributed by atoms with Gasteiger partial charge in [-0.1, -0.05) is 47.9 Å². The number of thiophene rings is 1. The van der Waals surface area contributed by atoms with Crippen molar-refractivity contribution in [3.63, 3.8) is 0 Å². The van der Waals surface area contributed by atoms with Crippen LogP contribution in [0, 0.1) is 0 Å². The van der Waals surface area contributed by atoms with Crippen molar-refractivity contribution in [1.29, 1.82) is 0 Å². The van der Waals surface area contributed by atoms with E-state index in [1.165, 1.54) is 11.3 Å². The zero-order valence-electron chi connectivity index (χ0n) is 10.1. The highest BCUT2D eigenvalue weighted by Crippen LogP contribution is 2.31. The van der Waals surface area contributed by atoms with Crippen LogP contribution in [0.25, 0.3) is 0 Å². The molecule has 2 aromatic rings. The van der Waals surface area contributed by atoms with Gasteiger partial charge in [0.05, 0.1) is 9.90 Å². The smallest absolute Gasteiger partial charge is 0.259 e. The Labute approximate surface area is 128 Å². The number of amides is 1. The Hall–Kier alpha value is -0.690. The van der Waals surface area contributed by atoms with Crippen molar-refractivity contribution in [3.8, 4) is 0 Å². The lowest BCUT2D eigenvalue weighted by molar-refractivity contribution is 0.102. The van der Waals surface area contributed by atoms with Crippen LogP contribution in [0.1, 0.15) is 35.1 Å². The van der Waals surface area contributed by atoms with Crippen LogP contribution in [-0.2, 0) is 6.42 Å². The van der Waals surface area contributed by atoms with Crippen molar-refractivity contribution in [2.75, 3.05) is 5.32 Å². The molecule has 1 N–H and O–H groups in total. The number of unbranched alkanes of at least 4 members (excludes halogenated alkanes) is 1. The van der Waals surface area contributed by atoms with Gasteiger partial charge in [-0.15, -0.1) is 21.5 Å². The zero-order chi connectivity index (χ0) is 13.8. The zero-order valence-corrected chi connectivity index (χ0v) is 13.2. The molecule has 0 aliphatic heterocycles. The number of nitrogens with one attached hydrogen (secondary N) is 1. The molecule has 0 aromatic carbocycles. The van der Waals surface area contributed by atoms with Gasteiger partial charge in [0, 0.05) is 6.42 Å². The lowest BCUT2D eigenvalue weighted by Gasteiger charge is -1.98. The number of aryl methyl sites for hydroxylation is 1. The van der Waals surface area contributed by atoms with Gasteiger partial charge in [-0.3, -0.25) is 10.1 Å². The molecule has 2 aromatic heterocycles. The quantitative estimate of drug-likeness (QED) is 0.874. The van der Waals surface area contributed by atoms with Gasteiger partial charge in [-0.2, -0.15) is 0 Å². The Kier molecular flexibility index (Phi) is 5.15. The fraction of sp³-hybridized carbons (Fsp3) is 0.364. The molecule has 0 aliphatic carbocycles. The lowest BCUT2D eigenvalue weighted by atomic mass is 10.3. The van der Waals surface area contributed by atoms with E-state index in [4.69, 9.17) is 23.2 Å². The van der Waals surface area contributed by atoms with Gasteiger partial charge in [-0.05, 0) is 12.5 Å². The monoisotopic (exact) mass is 335 g/mol. The molecule has 19 heavy (non-hydrogen) atoms. The van der Waals surface area contributed by atoms with Crippen molar-refractivity contribution in [3.05, 3.63) is 25.3 Å². The highest BCUT2D eigenvalue weighted by Gasteiger charge is 2.16. The van der Waals surface area contributed by atoms with Gasteiger partial charge in [0.2, 0.25) is 5.13 Å². The Bertz CT molecular complexity index is 582. The highest BCUT2D eigenvalue weighted by molar-refractivity contribution is 7.20. The number of aromatic nitrogens is 2. The maximum Gasteiger partial charge on any atom is 0.259 e. The SMILES string of the molecule is CCCCc1nnc(NC(=O)c2cc(Cl)sc2Cl)s1. The van der Waals surface area contributed by atoms with E-state index in [1.54, 1.807) is 6.07 Å². The Morgan fingerprint density at radius 3 is 2.79 bits per heavy atom. The van der Waals surface area contributed by atoms with Gasteiger partial charge in [0.25, 0.3) is 5.91 Å². The van der Waals surface area contributed by atoms with Crippen LogP contribution in [0.4, 0.5) is 5.13 Å². The van der Waals surface area contributed by atoms with E-state index in [0.29, 0.717) is 19.4 Å². The normalized spacial score (nSPS) is 10.7. The molecule has 0 saturated heterocycles. The summed E-state index contributed by atoms with van der Waals surface area (Å²) in [5.41, 5.74) is 0.363. The fourth-order valence-corrected chi connectivity index (χ4v) is 3.63. The minimum Gasteiger partial charge on any atom is -0.296 e. The van der Waals surface area contributed by atoms with E-state index >= 15 is 0 Å². The molecule has 0 spiro atoms. The molecule has 0 radical (unpaired) electrons. The van der Waals surface area contributed by atoms with Crippen molar-refractivity contribution in [2.24, 2.45) is 0 Å². The average Bonchev–Trinajstić information content (AvgIpc) is 2.93. The minimum atomic E-state index is -0.314. The topological polar surface area (TPSA) is 54.9 Å². The molecule has 0 bridgehead atoms. The van der Waals surface area contributed by atoms with Gasteiger partial charge in [-0.25, -0.2) is 0 Å². The van der Waals surface area contributed by atoms with Crippen molar-refractivity contribution < 1.29 is 4.79 Å². The molecule has 102 valence electrons. The van der Waals surface area contributed by atoms with E-state index in [0.717, 1.165) is 35.6 Å². The fourth-order valence-electron chi connectivity index (χ4n) is 1.39. The number of carbonyl (C=O) groups is 1. The maximum absolute atomic E-state index is 12.0. The summed E-state index contributed by atoms with van der Waals surface area (Å²) >= 11 is 14.3. The minimum absolute atomic E-state index is 0.314. The van der Waals surface area contributed by atoms with Crippen molar-refractivity contribution >= 4 is 56.9 Å². The Morgan fingerprint density at radius 1 is 1.37 bits per heavy atom. The predicted molar refractivity (Wildman–Crippen MR) is 80.8 cm³/mol. The summed E-state index contributed by atoms with van der Waals surface area (Å²) in [6, 6.07) is 1.54. The van der Waals surface area contributed by atoms with Gasteiger partial charge in [0.1, 0.15) is 9.34 Å². The standard InChI is InChI=1S/C11H11Cl2N3OS2/c1-2-3-4-8-15-16-11(19-8)14-10(17)6-5-7(12)18-9(6)13/h5H,2-4H2,1H3,(H,14,16,17). The molecule has 4 nitrogen and oxygen atoms in total. The molecule has 1 amide bonds. The van der Waals surface area contributed by atoms with Crippen LogP contribution in [0.2, 0.25) is 8.67 Å². The van der Waals surface area contributed by atoms with Crippen LogP contribution in [-0.4, -0.2) is 16.1 Å². The maximum atomic E-state index is 12.0. The second kappa shape index (κ2) is 6.65.